The third-order valence-corrected chi connectivity index (χ3v) is 3.39. The minimum Gasteiger partial charge on any atom is -0.504 e. The SMILES string of the molecule is O=C=NC1(c2c(F)cc(O)c(O)c2Br)CC1. The molecule has 2 rings (SSSR count). The molecule has 0 heterocycles. The van der Waals surface area contributed by atoms with Gasteiger partial charge in [0.25, 0.3) is 0 Å². The maximum atomic E-state index is 13.7. The standard InChI is InChI=1S/C10H7BrFNO3/c11-8-7(10(1-2-10)13-4-14)5(12)3-6(15)9(8)16/h3,15-16H,1-2H2. The van der Waals surface area contributed by atoms with Crippen LogP contribution in [0.3, 0.4) is 0 Å². The number of hydrogen-bond acceptors (Lipinski definition) is 4. The van der Waals surface area contributed by atoms with Gasteiger partial charge < -0.3 is 10.2 Å². The highest BCUT2D eigenvalue weighted by Gasteiger charge is 2.48. The van der Waals surface area contributed by atoms with Crippen LogP contribution >= 0.6 is 15.9 Å². The first kappa shape index (κ1) is 11.1. The van der Waals surface area contributed by atoms with Crippen molar-refractivity contribution in [1.29, 1.82) is 0 Å². The first-order valence-corrected chi connectivity index (χ1v) is 5.30. The summed E-state index contributed by atoms with van der Waals surface area (Å²) in [6, 6.07) is 0.801. The van der Waals surface area contributed by atoms with Crippen LogP contribution in [-0.4, -0.2) is 16.3 Å². The average Bonchev–Trinajstić information content (AvgIpc) is 2.96. The number of hydrogen-bond donors (Lipinski definition) is 2. The van der Waals surface area contributed by atoms with Crippen molar-refractivity contribution >= 4 is 22.0 Å². The Labute approximate surface area is 98.6 Å². The van der Waals surface area contributed by atoms with E-state index in [0.29, 0.717) is 12.8 Å². The molecule has 84 valence electrons. The minimum absolute atomic E-state index is 0.0292. The van der Waals surface area contributed by atoms with Crippen LogP contribution in [0.5, 0.6) is 11.5 Å². The number of rotatable bonds is 2. The summed E-state index contributed by atoms with van der Waals surface area (Å²) in [6.45, 7) is 0. The molecule has 0 spiro atoms. The van der Waals surface area contributed by atoms with Crippen LogP contribution in [0.25, 0.3) is 0 Å². The predicted molar refractivity (Wildman–Crippen MR) is 56.5 cm³/mol. The number of carbonyl (C=O) groups excluding carboxylic acids is 1. The number of phenolic OH excluding ortho intramolecular Hbond substituents is 2. The lowest BCUT2D eigenvalue weighted by Crippen LogP contribution is -2.07. The highest BCUT2D eigenvalue weighted by Crippen LogP contribution is 2.55. The maximum absolute atomic E-state index is 13.7. The lowest BCUT2D eigenvalue weighted by atomic mass is 10.0. The van der Waals surface area contributed by atoms with Gasteiger partial charge in [0.1, 0.15) is 11.4 Å². The summed E-state index contributed by atoms with van der Waals surface area (Å²) < 4.78 is 13.7. The van der Waals surface area contributed by atoms with Crippen LogP contribution in [-0.2, 0) is 10.3 Å². The molecule has 1 aliphatic carbocycles. The normalized spacial score (nSPS) is 16.6. The van der Waals surface area contributed by atoms with Gasteiger partial charge in [0.2, 0.25) is 6.08 Å². The van der Waals surface area contributed by atoms with Crippen molar-refractivity contribution in [3.8, 4) is 11.5 Å². The Kier molecular flexibility index (Phi) is 2.48. The fraction of sp³-hybridized carbons (Fsp3) is 0.300. The van der Waals surface area contributed by atoms with Gasteiger partial charge in [-0.25, -0.2) is 9.18 Å². The van der Waals surface area contributed by atoms with Gasteiger partial charge in [-0.1, -0.05) is 0 Å². The van der Waals surface area contributed by atoms with Crippen LogP contribution in [0.2, 0.25) is 0 Å². The van der Waals surface area contributed by atoms with Crippen molar-refractivity contribution in [3.05, 3.63) is 21.9 Å². The van der Waals surface area contributed by atoms with Crippen molar-refractivity contribution in [2.75, 3.05) is 0 Å². The summed E-state index contributed by atoms with van der Waals surface area (Å²) in [7, 11) is 0. The van der Waals surface area contributed by atoms with E-state index >= 15 is 0 Å². The topological polar surface area (TPSA) is 69.9 Å². The number of nitrogens with zero attached hydrogens (tertiary/aromatic N) is 1. The third-order valence-electron chi connectivity index (χ3n) is 2.62. The second kappa shape index (κ2) is 3.57. The second-order valence-electron chi connectivity index (χ2n) is 3.65. The van der Waals surface area contributed by atoms with E-state index < -0.39 is 22.9 Å². The maximum Gasteiger partial charge on any atom is 0.235 e. The van der Waals surface area contributed by atoms with Gasteiger partial charge in [-0.3, -0.25) is 0 Å². The van der Waals surface area contributed by atoms with Crippen molar-refractivity contribution in [2.45, 2.75) is 18.4 Å². The number of halogens is 2. The van der Waals surface area contributed by atoms with Crippen molar-refractivity contribution in [2.24, 2.45) is 4.99 Å². The van der Waals surface area contributed by atoms with E-state index in [4.69, 9.17) is 0 Å². The molecule has 4 nitrogen and oxygen atoms in total. The summed E-state index contributed by atoms with van der Waals surface area (Å²) in [6.07, 6.45) is 2.43. The van der Waals surface area contributed by atoms with Gasteiger partial charge in [0.15, 0.2) is 11.5 Å². The van der Waals surface area contributed by atoms with Crippen molar-refractivity contribution in [1.82, 2.24) is 0 Å². The second-order valence-corrected chi connectivity index (χ2v) is 4.44. The predicted octanol–water partition coefficient (Wildman–Crippen LogP) is 2.32. The molecule has 1 fully saturated rings. The molecule has 1 aromatic rings. The molecule has 16 heavy (non-hydrogen) atoms. The molecule has 1 aliphatic rings. The Morgan fingerprint density at radius 3 is 2.62 bits per heavy atom. The molecule has 2 N–H and O–H groups in total. The molecule has 1 saturated carbocycles. The van der Waals surface area contributed by atoms with Gasteiger partial charge in [0.05, 0.1) is 4.47 Å². The van der Waals surface area contributed by atoms with Crippen molar-refractivity contribution in [3.63, 3.8) is 0 Å². The molecule has 0 unspecified atom stereocenters. The zero-order valence-corrected chi connectivity index (χ0v) is 9.58. The molecule has 0 aliphatic heterocycles. The molecule has 0 bridgehead atoms. The van der Waals surface area contributed by atoms with E-state index in [1.54, 1.807) is 0 Å². The highest BCUT2D eigenvalue weighted by molar-refractivity contribution is 9.10. The Morgan fingerprint density at radius 1 is 1.50 bits per heavy atom. The number of benzene rings is 1. The molecular weight excluding hydrogens is 281 g/mol. The van der Waals surface area contributed by atoms with E-state index in [1.807, 2.05) is 0 Å². The summed E-state index contributed by atoms with van der Waals surface area (Å²) in [5, 5.41) is 18.7. The van der Waals surface area contributed by atoms with E-state index in [9.17, 15) is 19.4 Å². The zero-order valence-electron chi connectivity index (χ0n) is 8.00. The summed E-state index contributed by atoms with van der Waals surface area (Å²) in [5.41, 5.74) is -0.846. The van der Waals surface area contributed by atoms with Gasteiger partial charge in [-0.2, -0.15) is 4.99 Å². The Balaban J connectivity index is 2.66. The average molecular weight is 288 g/mol. The van der Waals surface area contributed by atoms with Gasteiger partial charge in [0, 0.05) is 11.6 Å². The molecule has 1 aromatic carbocycles. The van der Waals surface area contributed by atoms with Gasteiger partial charge in [-0.05, 0) is 28.8 Å². The number of phenols is 2. The fourth-order valence-corrected chi connectivity index (χ4v) is 2.41. The molecule has 0 aromatic heterocycles. The zero-order chi connectivity index (χ0) is 11.9. The summed E-state index contributed by atoms with van der Waals surface area (Å²) in [4.78, 5) is 13.8. The van der Waals surface area contributed by atoms with Crippen LogP contribution < -0.4 is 0 Å². The Hall–Kier alpha value is -1.39. The molecule has 6 heteroatoms. The first-order valence-electron chi connectivity index (χ1n) is 4.51. The molecule has 0 atom stereocenters. The largest absolute Gasteiger partial charge is 0.504 e. The van der Waals surface area contributed by atoms with E-state index in [-0.39, 0.29) is 10.0 Å². The Bertz CT molecular complexity index is 507. The van der Waals surface area contributed by atoms with E-state index in [0.717, 1.165) is 6.07 Å². The number of aliphatic imine (C=N–C) groups is 1. The van der Waals surface area contributed by atoms with E-state index in [2.05, 4.69) is 20.9 Å². The first-order chi connectivity index (χ1) is 7.52. The smallest absolute Gasteiger partial charge is 0.235 e. The minimum atomic E-state index is -0.935. The quantitative estimate of drug-likeness (QED) is 0.498. The number of isocyanates is 1. The van der Waals surface area contributed by atoms with Gasteiger partial charge >= 0.3 is 0 Å². The highest BCUT2D eigenvalue weighted by atomic mass is 79.9. The monoisotopic (exact) mass is 287 g/mol. The summed E-state index contributed by atoms with van der Waals surface area (Å²) >= 11 is 2.99. The lowest BCUT2D eigenvalue weighted by Gasteiger charge is -2.13. The molecular formula is C10H7BrFNO3. The fourth-order valence-electron chi connectivity index (χ4n) is 1.65. The van der Waals surface area contributed by atoms with E-state index in [1.165, 1.54) is 6.08 Å². The lowest BCUT2D eigenvalue weighted by molar-refractivity contribution is 0.394. The van der Waals surface area contributed by atoms with Crippen LogP contribution in [0, 0.1) is 5.82 Å². The summed E-state index contributed by atoms with van der Waals surface area (Å²) in [5.74, 6) is -1.72. The number of aromatic hydroxyl groups is 2. The van der Waals surface area contributed by atoms with Crippen LogP contribution in [0.15, 0.2) is 15.5 Å². The Morgan fingerprint density at radius 2 is 2.12 bits per heavy atom. The van der Waals surface area contributed by atoms with Crippen molar-refractivity contribution < 1.29 is 19.4 Å². The molecule has 0 radical (unpaired) electrons. The van der Waals surface area contributed by atoms with Crippen LogP contribution in [0.1, 0.15) is 18.4 Å². The molecule has 0 amide bonds. The van der Waals surface area contributed by atoms with Crippen LogP contribution in [0.4, 0.5) is 4.39 Å². The van der Waals surface area contributed by atoms with Gasteiger partial charge in [-0.15, -0.1) is 0 Å². The third kappa shape index (κ3) is 1.50. The molecule has 0 saturated heterocycles.